The molecule has 3 nitrogen and oxygen atoms in total. The Hall–Kier alpha value is -0.120. The van der Waals surface area contributed by atoms with Gasteiger partial charge in [0.2, 0.25) is 0 Å². The van der Waals surface area contributed by atoms with Gasteiger partial charge in [0.05, 0.1) is 6.61 Å². The molecule has 0 aromatic heterocycles. The summed E-state index contributed by atoms with van der Waals surface area (Å²) in [6.07, 6.45) is 2.46. The first-order valence-electron chi connectivity index (χ1n) is 7.94. The number of ether oxygens (including phenoxy) is 1. The minimum absolute atomic E-state index is 0.330. The fraction of sp³-hybridized carbons (Fsp3) is 1.00. The molecule has 0 aromatic rings. The van der Waals surface area contributed by atoms with Crippen molar-refractivity contribution in [2.75, 3.05) is 46.4 Å². The van der Waals surface area contributed by atoms with Gasteiger partial charge in [-0.05, 0) is 31.8 Å². The van der Waals surface area contributed by atoms with E-state index in [1.54, 1.807) is 0 Å². The topological polar surface area (TPSA) is 24.5 Å². The lowest BCUT2D eigenvalue weighted by molar-refractivity contribution is 0.112. The summed E-state index contributed by atoms with van der Waals surface area (Å²) in [5.41, 5.74) is 0.330. The molecule has 0 aliphatic carbocycles. The zero-order valence-electron chi connectivity index (χ0n) is 13.7. The lowest BCUT2D eigenvalue weighted by Crippen LogP contribution is -2.45. The van der Waals surface area contributed by atoms with Crippen LogP contribution in [0.25, 0.3) is 0 Å². The van der Waals surface area contributed by atoms with Crippen molar-refractivity contribution in [3.63, 3.8) is 0 Å². The number of rotatable bonds is 9. The van der Waals surface area contributed by atoms with Crippen LogP contribution < -0.4 is 5.32 Å². The monoisotopic (exact) mass is 270 g/mol. The quantitative estimate of drug-likeness (QED) is 0.697. The van der Waals surface area contributed by atoms with E-state index in [0.717, 1.165) is 44.7 Å². The fourth-order valence-electron chi connectivity index (χ4n) is 2.89. The standard InChI is InChI=1S/C16H34N2O/c1-6-15(4)10-18(5)12-16(7-8-19-13-16)11-17-9-14(2)3/h14-15,17H,6-13H2,1-5H3. The van der Waals surface area contributed by atoms with E-state index in [-0.39, 0.29) is 0 Å². The summed E-state index contributed by atoms with van der Waals surface area (Å²) in [6.45, 7) is 15.5. The predicted octanol–water partition coefficient (Wildman–Crippen LogP) is 2.62. The van der Waals surface area contributed by atoms with Gasteiger partial charge in [-0.3, -0.25) is 0 Å². The van der Waals surface area contributed by atoms with Crippen LogP contribution in [0.2, 0.25) is 0 Å². The second kappa shape index (κ2) is 8.23. The Morgan fingerprint density at radius 1 is 1.32 bits per heavy atom. The van der Waals surface area contributed by atoms with Gasteiger partial charge in [-0.25, -0.2) is 0 Å². The van der Waals surface area contributed by atoms with Crippen LogP contribution in [0.15, 0.2) is 0 Å². The van der Waals surface area contributed by atoms with Crippen LogP contribution in [-0.4, -0.2) is 51.3 Å². The number of hydrogen-bond acceptors (Lipinski definition) is 3. The largest absolute Gasteiger partial charge is 0.381 e. The Bertz CT molecular complexity index is 237. The molecule has 1 fully saturated rings. The Morgan fingerprint density at radius 3 is 2.58 bits per heavy atom. The smallest absolute Gasteiger partial charge is 0.0547 e. The van der Waals surface area contributed by atoms with Crippen LogP contribution in [0.5, 0.6) is 0 Å². The van der Waals surface area contributed by atoms with E-state index < -0.39 is 0 Å². The molecule has 1 heterocycles. The summed E-state index contributed by atoms with van der Waals surface area (Å²) in [7, 11) is 2.26. The van der Waals surface area contributed by atoms with Crippen LogP contribution in [0.1, 0.15) is 40.5 Å². The Labute approximate surface area is 120 Å². The van der Waals surface area contributed by atoms with Crippen LogP contribution in [-0.2, 0) is 4.74 Å². The third-order valence-electron chi connectivity index (χ3n) is 4.16. The number of nitrogens with zero attached hydrogens (tertiary/aromatic N) is 1. The van der Waals surface area contributed by atoms with Gasteiger partial charge in [0.1, 0.15) is 0 Å². The Kier molecular flexibility index (Phi) is 7.33. The van der Waals surface area contributed by atoms with Gasteiger partial charge >= 0.3 is 0 Å². The predicted molar refractivity (Wildman–Crippen MR) is 82.5 cm³/mol. The molecular formula is C16H34N2O. The van der Waals surface area contributed by atoms with Gasteiger partial charge in [0.25, 0.3) is 0 Å². The van der Waals surface area contributed by atoms with E-state index in [1.807, 2.05) is 0 Å². The minimum atomic E-state index is 0.330. The molecule has 0 aromatic carbocycles. The lowest BCUT2D eigenvalue weighted by Gasteiger charge is -2.34. The van der Waals surface area contributed by atoms with Gasteiger partial charge < -0.3 is 15.0 Å². The molecule has 1 aliphatic rings. The minimum Gasteiger partial charge on any atom is -0.381 e. The third kappa shape index (κ3) is 6.24. The van der Waals surface area contributed by atoms with E-state index in [0.29, 0.717) is 5.41 Å². The molecule has 0 radical (unpaired) electrons. The summed E-state index contributed by atoms with van der Waals surface area (Å²) in [5.74, 6) is 1.50. The molecule has 2 unspecified atom stereocenters. The zero-order chi connectivity index (χ0) is 14.3. The van der Waals surface area contributed by atoms with Gasteiger partial charge in [-0.2, -0.15) is 0 Å². The van der Waals surface area contributed by atoms with Crippen molar-refractivity contribution >= 4 is 0 Å². The van der Waals surface area contributed by atoms with E-state index in [1.165, 1.54) is 19.4 Å². The molecule has 1 aliphatic heterocycles. The fourth-order valence-corrected chi connectivity index (χ4v) is 2.89. The molecular weight excluding hydrogens is 236 g/mol. The maximum absolute atomic E-state index is 5.68. The molecule has 0 spiro atoms. The SMILES string of the molecule is CCC(C)CN(C)CC1(CNCC(C)C)CCOC1. The highest BCUT2D eigenvalue weighted by Gasteiger charge is 2.35. The average molecular weight is 270 g/mol. The lowest BCUT2D eigenvalue weighted by atomic mass is 9.86. The van der Waals surface area contributed by atoms with Gasteiger partial charge in [0.15, 0.2) is 0 Å². The van der Waals surface area contributed by atoms with Crippen LogP contribution in [0, 0.1) is 17.3 Å². The molecule has 0 saturated carbocycles. The summed E-state index contributed by atoms with van der Waals surface area (Å²) in [5, 5.41) is 3.63. The summed E-state index contributed by atoms with van der Waals surface area (Å²) < 4.78 is 5.68. The normalized spacial score (nSPS) is 25.4. The first-order chi connectivity index (χ1) is 8.97. The van der Waals surface area contributed by atoms with Crippen molar-refractivity contribution in [3.8, 4) is 0 Å². The highest BCUT2D eigenvalue weighted by molar-refractivity contribution is 4.88. The van der Waals surface area contributed by atoms with E-state index in [9.17, 15) is 0 Å². The molecule has 1 saturated heterocycles. The third-order valence-corrected chi connectivity index (χ3v) is 4.16. The van der Waals surface area contributed by atoms with E-state index in [4.69, 9.17) is 4.74 Å². The van der Waals surface area contributed by atoms with Crippen molar-refractivity contribution in [2.45, 2.75) is 40.5 Å². The van der Waals surface area contributed by atoms with Crippen molar-refractivity contribution in [1.29, 1.82) is 0 Å². The molecule has 0 bridgehead atoms. The molecule has 1 N–H and O–H groups in total. The average Bonchev–Trinajstić information content (AvgIpc) is 2.76. The maximum Gasteiger partial charge on any atom is 0.0547 e. The van der Waals surface area contributed by atoms with Gasteiger partial charge in [-0.15, -0.1) is 0 Å². The number of hydrogen-bond donors (Lipinski definition) is 1. The highest BCUT2D eigenvalue weighted by atomic mass is 16.5. The van der Waals surface area contributed by atoms with Gasteiger partial charge in [-0.1, -0.05) is 34.1 Å². The second-order valence-electron chi connectivity index (χ2n) is 7.04. The van der Waals surface area contributed by atoms with Crippen LogP contribution >= 0.6 is 0 Å². The molecule has 114 valence electrons. The second-order valence-corrected chi connectivity index (χ2v) is 7.04. The Balaban J connectivity index is 2.42. The molecule has 0 amide bonds. The first kappa shape index (κ1) is 16.9. The number of nitrogens with one attached hydrogen (secondary N) is 1. The van der Waals surface area contributed by atoms with Crippen molar-refractivity contribution in [2.24, 2.45) is 17.3 Å². The van der Waals surface area contributed by atoms with Crippen molar-refractivity contribution in [1.82, 2.24) is 10.2 Å². The van der Waals surface area contributed by atoms with Gasteiger partial charge in [0, 0.05) is 31.7 Å². The summed E-state index contributed by atoms with van der Waals surface area (Å²) in [6, 6.07) is 0. The van der Waals surface area contributed by atoms with E-state index in [2.05, 4.69) is 45.0 Å². The van der Waals surface area contributed by atoms with Crippen molar-refractivity contribution in [3.05, 3.63) is 0 Å². The highest BCUT2D eigenvalue weighted by Crippen LogP contribution is 2.29. The molecule has 19 heavy (non-hydrogen) atoms. The Morgan fingerprint density at radius 2 is 2.05 bits per heavy atom. The van der Waals surface area contributed by atoms with E-state index >= 15 is 0 Å². The zero-order valence-corrected chi connectivity index (χ0v) is 13.7. The molecule has 2 atom stereocenters. The van der Waals surface area contributed by atoms with Crippen LogP contribution in [0.4, 0.5) is 0 Å². The summed E-state index contributed by atoms with van der Waals surface area (Å²) >= 11 is 0. The molecule has 3 heteroatoms. The van der Waals surface area contributed by atoms with Crippen molar-refractivity contribution < 1.29 is 4.74 Å². The summed E-state index contributed by atoms with van der Waals surface area (Å²) in [4.78, 5) is 2.50. The maximum atomic E-state index is 5.68. The van der Waals surface area contributed by atoms with Crippen LogP contribution in [0.3, 0.4) is 0 Å². The molecule has 1 rings (SSSR count). The first-order valence-corrected chi connectivity index (χ1v) is 7.94.